The van der Waals surface area contributed by atoms with Gasteiger partial charge in [0.25, 0.3) is 0 Å². The molecule has 1 atom stereocenters. The van der Waals surface area contributed by atoms with Gasteiger partial charge < -0.3 is 11.1 Å². The number of rotatable bonds is 1. The van der Waals surface area contributed by atoms with Crippen molar-refractivity contribution >= 4 is 51.4 Å². The van der Waals surface area contributed by atoms with Crippen LogP contribution in [-0.4, -0.2) is 10.9 Å². The molecule has 0 unspecified atom stereocenters. The number of fused-ring (bicyclic) bond motifs is 1. The van der Waals surface area contributed by atoms with Crippen LogP contribution in [0.5, 0.6) is 0 Å². The summed E-state index contributed by atoms with van der Waals surface area (Å²) in [5.41, 5.74) is 6.57. The highest BCUT2D eigenvalue weighted by molar-refractivity contribution is 7.16. The number of amides is 1. The molecular formula is C12H9Cl2N3OS. The summed E-state index contributed by atoms with van der Waals surface area (Å²) in [6.45, 7) is 0. The average Bonchev–Trinajstić information content (AvgIpc) is 2.68. The Morgan fingerprint density at radius 2 is 2.21 bits per heavy atom. The minimum Gasteiger partial charge on any atom is -0.375 e. The molecule has 19 heavy (non-hydrogen) atoms. The SMILES string of the molecule is Nc1nc2c(s1)[C@H](c1ccc(Cl)cc1Cl)CC(=O)N2. The molecule has 0 bridgehead atoms. The van der Waals surface area contributed by atoms with Crippen molar-refractivity contribution in [2.24, 2.45) is 0 Å². The van der Waals surface area contributed by atoms with Crippen LogP contribution < -0.4 is 11.1 Å². The third kappa shape index (κ3) is 2.29. The third-order valence-corrected chi connectivity index (χ3v) is 4.53. The number of aromatic nitrogens is 1. The third-order valence-electron chi connectivity index (χ3n) is 2.97. The maximum Gasteiger partial charge on any atom is 0.226 e. The van der Waals surface area contributed by atoms with Crippen molar-refractivity contribution in [2.45, 2.75) is 12.3 Å². The second-order valence-electron chi connectivity index (χ2n) is 4.24. The Kier molecular flexibility index (Phi) is 3.12. The molecule has 4 nitrogen and oxygen atoms in total. The zero-order chi connectivity index (χ0) is 13.6. The van der Waals surface area contributed by atoms with Crippen molar-refractivity contribution in [1.29, 1.82) is 0 Å². The minimum absolute atomic E-state index is 0.0891. The summed E-state index contributed by atoms with van der Waals surface area (Å²) in [6.07, 6.45) is 0.329. The van der Waals surface area contributed by atoms with Gasteiger partial charge in [-0.3, -0.25) is 4.79 Å². The number of hydrogen-bond donors (Lipinski definition) is 2. The standard InChI is InChI=1S/C12H9Cl2N3OS/c13-5-1-2-6(8(14)3-5)7-4-9(18)16-11-10(7)19-12(15)17-11/h1-3,7H,4H2,(H2,15,17)(H,16,18)/t7-/m0/s1. The lowest BCUT2D eigenvalue weighted by atomic mass is 9.91. The van der Waals surface area contributed by atoms with Crippen molar-refractivity contribution in [3.8, 4) is 0 Å². The first kappa shape index (κ1) is 12.7. The van der Waals surface area contributed by atoms with Crippen LogP contribution in [0.15, 0.2) is 18.2 Å². The number of halogens is 2. The van der Waals surface area contributed by atoms with Gasteiger partial charge in [-0.15, -0.1) is 0 Å². The van der Waals surface area contributed by atoms with E-state index in [1.54, 1.807) is 12.1 Å². The molecule has 0 saturated heterocycles. The fourth-order valence-corrected chi connectivity index (χ4v) is 3.62. The maximum atomic E-state index is 11.7. The van der Waals surface area contributed by atoms with Crippen molar-refractivity contribution in [2.75, 3.05) is 11.1 Å². The van der Waals surface area contributed by atoms with Crippen LogP contribution in [0, 0.1) is 0 Å². The molecule has 0 aliphatic carbocycles. The second kappa shape index (κ2) is 4.67. The number of thiazole rings is 1. The van der Waals surface area contributed by atoms with Crippen LogP contribution in [0.25, 0.3) is 0 Å². The summed E-state index contributed by atoms with van der Waals surface area (Å²) in [4.78, 5) is 16.8. The van der Waals surface area contributed by atoms with Crippen LogP contribution in [0.2, 0.25) is 10.0 Å². The van der Waals surface area contributed by atoms with Gasteiger partial charge in [-0.25, -0.2) is 4.98 Å². The number of nitrogens with zero attached hydrogens (tertiary/aromatic N) is 1. The van der Waals surface area contributed by atoms with Gasteiger partial charge in [-0.2, -0.15) is 0 Å². The van der Waals surface area contributed by atoms with Crippen molar-refractivity contribution in [3.05, 3.63) is 38.7 Å². The Bertz CT molecular complexity index is 671. The van der Waals surface area contributed by atoms with E-state index in [1.807, 2.05) is 6.07 Å². The van der Waals surface area contributed by atoms with Crippen LogP contribution >= 0.6 is 34.5 Å². The topological polar surface area (TPSA) is 68.0 Å². The highest BCUT2D eigenvalue weighted by atomic mass is 35.5. The number of carbonyl (C=O) groups excluding carboxylic acids is 1. The average molecular weight is 314 g/mol. The quantitative estimate of drug-likeness (QED) is 0.846. The van der Waals surface area contributed by atoms with Gasteiger partial charge in [0.1, 0.15) is 5.82 Å². The number of carbonyl (C=O) groups is 1. The largest absolute Gasteiger partial charge is 0.375 e. The van der Waals surface area contributed by atoms with Gasteiger partial charge in [0.2, 0.25) is 5.91 Å². The lowest BCUT2D eigenvalue weighted by molar-refractivity contribution is -0.116. The lowest BCUT2D eigenvalue weighted by Crippen LogP contribution is -2.22. The number of nitrogens with two attached hydrogens (primary N) is 1. The Balaban J connectivity index is 2.12. The van der Waals surface area contributed by atoms with Gasteiger partial charge in [0.05, 0.1) is 4.88 Å². The van der Waals surface area contributed by atoms with Crippen LogP contribution in [0.3, 0.4) is 0 Å². The Hall–Kier alpha value is -1.30. The fourth-order valence-electron chi connectivity index (χ4n) is 2.17. The van der Waals surface area contributed by atoms with E-state index in [-0.39, 0.29) is 11.8 Å². The number of anilines is 2. The predicted octanol–water partition coefficient (Wildman–Crippen LogP) is 3.51. The van der Waals surface area contributed by atoms with Crippen molar-refractivity contribution < 1.29 is 4.79 Å². The zero-order valence-corrected chi connectivity index (χ0v) is 11.9. The van der Waals surface area contributed by atoms with Gasteiger partial charge in [-0.05, 0) is 17.7 Å². The molecule has 0 saturated carbocycles. The summed E-state index contributed by atoms with van der Waals surface area (Å²) >= 11 is 13.5. The van der Waals surface area contributed by atoms with E-state index in [0.717, 1.165) is 10.4 Å². The molecule has 2 heterocycles. The molecule has 98 valence electrons. The Morgan fingerprint density at radius 1 is 1.42 bits per heavy atom. The monoisotopic (exact) mass is 313 g/mol. The van der Waals surface area contributed by atoms with Gasteiger partial charge in [0.15, 0.2) is 5.13 Å². The molecule has 1 aliphatic rings. The predicted molar refractivity (Wildman–Crippen MR) is 78.1 cm³/mol. The number of benzene rings is 1. The Labute approximate surface area is 123 Å². The normalized spacial score (nSPS) is 18.0. The van der Waals surface area contributed by atoms with E-state index >= 15 is 0 Å². The number of nitrogens with one attached hydrogen (secondary N) is 1. The van der Waals surface area contributed by atoms with Crippen LogP contribution in [0.4, 0.5) is 10.9 Å². The first-order chi connectivity index (χ1) is 9.04. The van der Waals surface area contributed by atoms with E-state index in [2.05, 4.69) is 10.3 Å². The second-order valence-corrected chi connectivity index (χ2v) is 6.14. The van der Waals surface area contributed by atoms with E-state index in [4.69, 9.17) is 28.9 Å². The molecule has 1 aliphatic heterocycles. The summed E-state index contributed by atoms with van der Waals surface area (Å²) in [5, 5.41) is 4.27. The lowest BCUT2D eigenvalue weighted by Gasteiger charge is -2.22. The highest BCUT2D eigenvalue weighted by Crippen LogP contribution is 2.43. The van der Waals surface area contributed by atoms with Crippen molar-refractivity contribution in [3.63, 3.8) is 0 Å². The maximum absolute atomic E-state index is 11.7. The molecule has 2 aromatic rings. The minimum atomic E-state index is -0.122. The smallest absolute Gasteiger partial charge is 0.226 e. The molecule has 3 N–H and O–H groups in total. The van der Waals surface area contributed by atoms with Gasteiger partial charge in [0, 0.05) is 22.4 Å². The number of nitrogen functional groups attached to an aromatic ring is 1. The van der Waals surface area contributed by atoms with E-state index in [9.17, 15) is 4.79 Å². The molecule has 0 fully saturated rings. The first-order valence-corrected chi connectivity index (χ1v) is 7.13. The molecule has 1 aromatic heterocycles. The van der Waals surface area contributed by atoms with Crippen LogP contribution in [-0.2, 0) is 4.79 Å². The van der Waals surface area contributed by atoms with Crippen molar-refractivity contribution in [1.82, 2.24) is 4.98 Å². The highest BCUT2D eigenvalue weighted by Gasteiger charge is 2.31. The fraction of sp³-hybridized carbons (Fsp3) is 0.167. The Morgan fingerprint density at radius 3 is 2.95 bits per heavy atom. The van der Waals surface area contributed by atoms with E-state index in [0.29, 0.717) is 27.4 Å². The molecule has 0 radical (unpaired) electrons. The summed E-state index contributed by atoms with van der Waals surface area (Å²) in [7, 11) is 0. The summed E-state index contributed by atoms with van der Waals surface area (Å²) in [6, 6.07) is 5.28. The molecule has 1 aromatic carbocycles. The summed E-state index contributed by atoms with van der Waals surface area (Å²) in [5.74, 6) is 0.326. The molecule has 1 amide bonds. The first-order valence-electron chi connectivity index (χ1n) is 5.55. The van der Waals surface area contributed by atoms with E-state index in [1.165, 1.54) is 11.3 Å². The molecular weight excluding hydrogens is 305 g/mol. The molecule has 0 spiro atoms. The zero-order valence-electron chi connectivity index (χ0n) is 9.61. The molecule has 3 rings (SSSR count). The number of hydrogen-bond acceptors (Lipinski definition) is 4. The van der Waals surface area contributed by atoms with Gasteiger partial charge in [-0.1, -0.05) is 40.6 Å². The van der Waals surface area contributed by atoms with Crippen LogP contribution in [0.1, 0.15) is 22.8 Å². The van der Waals surface area contributed by atoms with Gasteiger partial charge >= 0.3 is 0 Å². The molecule has 7 heteroatoms. The summed E-state index contributed by atoms with van der Waals surface area (Å²) < 4.78 is 0. The van der Waals surface area contributed by atoms with E-state index < -0.39 is 0 Å².